The highest BCUT2D eigenvalue weighted by Gasteiger charge is 2.17. The quantitative estimate of drug-likeness (QED) is 0.883. The SMILES string of the molecule is Cc1ccccc1C(=O)N(C)CCC1CCCN1. The van der Waals surface area contributed by atoms with E-state index in [1.54, 1.807) is 0 Å². The van der Waals surface area contributed by atoms with Crippen LogP contribution >= 0.6 is 0 Å². The molecular weight excluding hydrogens is 224 g/mol. The van der Waals surface area contributed by atoms with E-state index in [-0.39, 0.29) is 5.91 Å². The topological polar surface area (TPSA) is 32.3 Å². The van der Waals surface area contributed by atoms with Crippen LogP contribution in [0.25, 0.3) is 0 Å². The molecule has 2 rings (SSSR count). The molecule has 0 aromatic heterocycles. The highest BCUT2D eigenvalue weighted by Crippen LogP contribution is 2.12. The van der Waals surface area contributed by atoms with E-state index in [9.17, 15) is 4.79 Å². The Balaban J connectivity index is 1.90. The van der Waals surface area contributed by atoms with Crippen molar-refractivity contribution in [2.24, 2.45) is 0 Å². The summed E-state index contributed by atoms with van der Waals surface area (Å²) >= 11 is 0. The van der Waals surface area contributed by atoms with Crippen molar-refractivity contribution >= 4 is 5.91 Å². The van der Waals surface area contributed by atoms with E-state index >= 15 is 0 Å². The van der Waals surface area contributed by atoms with Crippen LogP contribution in [0.3, 0.4) is 0 Å². The van der Waals surface area contributed by atoms with Gasteiger partial charge in [-0.25, -0.2) is 0 Å². The Morgan fingerprint density at radius 1 is 1.44 bits per heavy atom. The normalized spacial score (nSPS) is 18.9. The van der Waals surface area contributed by atoms with Gasteiger partial charge in [0.05, 0.1) is 0 Å². The number of aryl methyl sites for hydroxylation is 1. The van der Waals surface area contributed by atoms with Gasteiger partial charge in [-0.05, 0) is 44.4 Å². The highest BCUT2D eigenvalue weighted by atomic mass is 16.2. The van der Waals surface area contributed by atoms with Gasteiger partial charge < -0.3 is 10.2 Å². The van der Waals surface area contributed by atoms with Gasteiger partial charge in [0.2, 0.25) is 0 Å². The molecule has 0 radical (unpaired) electrons. The van der Waals surface area contributed by atoms with E-state index < -0.39 is 0 Å². The summed E-state index contributed by atoms with van der Waals surface area (Å²) in [5, 5.41) is 3.46. The van der Waals surface area contributed by atoms with E-state index in [1.165, 1.54) is 12.8 Å². The lowest BCUT2D eigenvalue weighted by Crippen LogP contribution is -2.32. The highest BCUT2D eigenvalue weighted by molar-refractivity contribution is 5.95. The molecular formula is C15H22N2O. The Bertz CT molecular complexity index is 411. The predicted octanol–water partition coefficient (Wildman–Crippen LogP) is 2.21. The van der Waals surface area contributed by atoms with Crippen molar-refractivity contribution in [3.05, 3.63) is 35.4 Å². The Morgan fingerprint density at radius 3 is 2.89 bits per heavy atom. The van der Waals surface area contributed by atoms with Gasteiger partial charge in [0.25, 0.3) is 5.91 Å². The molecule has 1 amide bonds. The summed E-state index contributed by atoms with van der Waals surface area (Å²) in [4.78, 5) is 14.1. The molecule has 0 aliphatic carbocycles. The first kappa shape index (κ1) is 13.1. The summed E-state index contributed by atoms with van der Waals surface area (Å²) in [6.45, 7) is 3.94. The smallest absolute Gasteiger partial charge is 0.253 e. The third-order valence-corrected chi connectivity index (χ3v) is 3.70. The number of benzene rings is 1. The molecule has 3 heteroatoms. The number of nitrogens with one attached hydrogen (secondary N) is 1. The fraction of sp³-hybridized carbons (Fsp3) is 0.533. The lowest BCUT2D eigenvalue weighted by molar-refractivity contribution is 0.0789. The van der Waals surface area contributed by atoms with E-state index in [0.29, 0.717) is 6.04 Å². The fourth-order valence-corrected chi connectivity index (χ4v) is 2.47. The molecule has 1 heterocycles. The average molecular weight is 246 g/mol. The van der Waals surface area contributed by atoms with Crippen molar-refractivity contribution in [3.63, 3.8) is 0 Å². The van der Waals surface area contributed by atoms with Crippen molar-refractivity contribution in [2.75, 3.05) is 20.1 Å². The second-order valence-corrected chi connectivity index (χ2v) is 5.12. The van der Waals surface area contributed by atoms with Crippen LogP contribution in [0, 0.1) is 6.92 Å². The van der Waals surface area contributed by atoms with Gasteiger partial charge in [0, 0.05) is 25.2 Å². The second kappa shape index (κ2) is 6.01. The van der Waals surface area contributed by atoms with Gasteiger partial charge in [-0.15, -0.1) is 0 Å². The van der Waals surface area contributed by atoms with Crippen molar-refractivity contribution in [2.45, 2.75) is 32.2 Å². The number of nitrogens with zero attached hydrogens (tertiary/aromatic N) is 1. The molecule has 1 aromatic rings. The van der Waals surface area contributed by atoms with Crippen molar-refractivity contribution < 1.29 is 4.79 Å². The molecule has 1 fully saturated rings. The largest absolute Gasteiger partial charge is 0.342 e. The molecule has 1 aliphatic rings. The van der Waals surface area contributed by atoms with Crippen LogP contribution in [-0.2, 0) is 0 Å². The molecule has 1 saturated heterocycles. The molecule has 3 nitrogen and oxygen atoms in total. The van der Waals surface area contributed by atoms with Gasteiger partial charge >= 0.3 is 0 Å². The van der Waals surface area contributed by atoms with Crippen LogP contribution in [0.2, 0.25) is 0 Å². The standard InChI is InChI=1S/C15H22N2O/c1-12-6-3-4-8-14(12)15(18)17(2)11-9-13-7-5-10-16-13/h3-4,6,8,13,16H,5,7,9-11H2,1-2H3. The number of hydrogen-bond donors (Lipinski definition) is 1. The zero-order valence-corrected chi connectivity index (χ0v) is 11.3. The van der Waals surface area contributed by atoms with Crippen LogP contribution in [0.5, 0.6) is 0 Å². The lowest BCUT2D eigenvalue weighted by atomic mass is 10.1. The van der Waals surface area contributed by atoms with Gasteiger partial charge in [0.15, 0.2) is 0 Å². The first-order valence-electron chi connectivity index (χ1n) is 6.73. The van der Waals surface area contributed by atoms with Gasteiger partial charge in [-0.3, -0.25) is 4.79 Å². The maximum Gasteiger partial charge on any atom is 0.253 e. The average Bonchev–Trinajstić information content (AvgIpc) is 2.89. The molecule has 1 atom stereocenters. The first-order valence-corrected chi connectivity index (χ1v) is 6.73. The Kier molecular flexibility index (Phi) is 4.37. The Morgan fingerprint density at radius 2 is 2.22 bits per heavy atom. The number of carbonyl (C=O) groups excluding carboxylic acids is 1. The minimum atomic E-state index is 0.131. The summed E-state index contributed by atoms with van der Waals surface area (Å²) in [6, 6.07) is 8.38. The zero-order chi connectivity index (χ0) is 13.0. The summed E-state index contributed by atoms with van der Waals surface area (Å²) in [6.07, 6.45) is 3.56. The van der Waals surface area contributed by atoms with Crippen LogP contribution in [-0.4, -0.2) is 37.0 Å². The van der Waals surface area contributed by atoms with Gasteiger partial charge in [0.1, 0.15) is 0 Å². The van der Waals surface area contributed by atoms with Crippen molar-refractivity contribution in [1.29, 1.82) is 0 Å². The van der Waals surface area contributed by atoms with Gasteiger partial charge in [-0.2, -0.15) is 0 Å². The molecule has 0 saturated carbocycles. The number of hydrogen-bond acceptors (Lipinski definition) is 2. The predicted molar refractivity (Wildman–Crippen MR) is 73.8 cm³/mol. The first-order chi connectivity index (χ1) is 8.68. The lowest BCUT2D eigenvalue weighted by Gasteiger charge is -2.20. The van der Waals surface area contributed by atoms with Crippen molar-refractivity contribution in [3.8, 4) is 0 Å². The molecule has 0 bridgehead atoms. The maximum absolute atomic E-state index is 12.3. The Labute approximate surface area is 109 Å². The minimum absolute atomic E-state index is 0.131. The van der Waals surface area contributed by atoms with E-state index in [0.717, 1.165) is 30.6 Å². The maximum atomic E-state index is 12.3. The summed E-state index contributed by atoms with van der Waals surface area (Å²) in [5.41, 5.74) is 1.87. The molecule has 0 spiro atoms. The third-order valence-electron chi connectivity index (χ3n) is 3.70. The summed E-state index contributed by atoms with van der Waals surface area (Å²) in [7, 11) is 1.89. The number of amides is 1. The summed E-state index contributed by atoms with van der Waals surface area (Å²) < 4.78 is 0. The second-order valence-electron chi connectivity index (χ2n) is 5.12. The number of rotatable bonds is 4. The Hall–Kier alpha value is -1.35. The molecule has 1 N–H and O–H groups in total. The van der Waals surface area contributed by atoms with Crippen LogP contribution in [0.1, 0.15) is 35.2 Å². The van der Waals surface area contributed by atoms with E-state index in [1.807, 2.05) is 43.1 Å². The molecule has 98 valence electrons. The van der Waals surface area contributed by atoms with E-state index in [2.05, 4.69) is 5.32 Å². The van der Waals surface area contributed by atoms with Crippen LogP contribution in [0.15, 0.2) is 24.3 Å². The molecule has 1 aliphatic heterocycles. The third kappa shape index (κ3) is 3.10. The molecule has 1 aromatic carbocycles. The zero-order valence-electron chi connectivity index (χ0n) is 11.3. The monoisotopic (exact) mass is 246 g/mol. The molecule has 1 unspecified atom stereocenters. The molecule has 18 heavy (non-hydrogen) atoms. The van der Waals surface area contributed by atoms with Gasteiger partial charge in [-0.1, -0.05) is 18.2 Å². The fourth-order valence-electron chi connectivity index (χ4n) is 2.47. The number of carbonyl (C=O) groups is 1. The summed E-state index contributed by atoms with van der Waals surface area (Å²) in [5.74, 6) is 0.131. The van der Waals surface area contributed by atoms with Crippen LogP contribution < -0.4 is 5.32 Å². The van der Waals surface area contributed by atoms with Crippen LogP contribution in [0.4, 0.5) is 0 Å². The van der Waals surface area contributed by atoms with E-state index in [4.69, 9.17) is 0 Å². The van der Waals surface area contributed by atoms with Crippen molar-refractivity contribution in [1.82, 2.24) is 10.2 Å². The minimum Gasteiger partial charge on any atom is -0.342 e.